The van der Waals surface area contributed by atoms with E-state index < -0.39 is 0 Å². The van der Waals surface area contributed by atoms with Crippen LogP contribution in [-0.4, -0.2) is 18.5 Å². The molecule has 1 unspecified atom stereocenters. The second kappa shape index (κ2) is 6.55. The summed E-state index contributed by atoms with van der Waals surface area (Å²) in [4.78, 5) is 12.5. The van der Waals surface area contributed by atoms with Gasteiger partial charge in [0.2, 0.25) is 5.91 Å². The van der Waals surface area contributed by atoms with E-state index in [1.54, 1.807) is 0 Å². The van der Waals surface area contributed by atoms with E-state index in [0.717, 1.165) is 13.0 Å². The Morgan fingerprint density at radius 1 is 1.09 bits per heavy atom. The first-order valence-corrected chi connectivity index (χ1v) is 8.20. The lowest BCUT2D eigenvalue weighted by atomic mass is 9.84. The third kappa shape index (κ3) is 3.62. The van der Waals surface area contributed by atoms with E-state index in [1.165, 1.54) is 16.7 Å². The molecule has 3 rings (SSSR count). The highest BCUT2D eigenvalue weighted by Crippen LogP contribution is 2.22. The molecule has 1 heterocycles. The lowest BCUT2D eigenvalue weighted by Gasteiger charge is -2.29. The zero-order chi connectivity index (χ0) is 16.3. The highest BCUT2D eigenvalue weighted by Gasteiger charge is 2.26. The van der Waals surface area contributed by atoms with Crippen molar-refractivity contribution in [3.63, 3.8) is 0 Å². The Kier molecular flexibility index (Phi) is 4.49. The summed E-state index contributed by atoms with van der Waals surface area (Å²) < 4.78 is 0. The molecule has 2 aromatic carbocycles. The lowest BCUT2D eigenvalue weighted by molar-refractivity contribution is -0.123. The first kappa shape index (κ1) is 15.8. The fourth-order valence-electron chi connectivity index (χ4n) is 3.06. The van der Waals surface area contributed by atoms with Gasteiger partial charge in [0.05, 0.1) is 6.04 Å². The summed E-state index contributed by atoms with van der Waals surface area (Å²) in [5.41, 5.74) is 3.72. The van der Waals surface area contributed by atoms with Crippen molar-refractivity contribution in [3.8, 4) is 0 Å². The van der Waals surface area contributed by atoms with Gasteiger partial charge in [0.25, 0.3) is 0 Å². The number of hydrogen-bond acceptors (Lipinski definition) is 2. The number of amides is 1. The normalized spacial score (nSPS) is 17.4. The molecule has 3 nitrogen and oxygen atoms in total. The Labute approximate surface area is 138 Å². The predicted molar refractivity (Wildman–Crippen MR) is 93.3 cm³/mol. The van der Waals surface area contributed by atoms with E-state index in [9.17, 15) is 4.79 Å². The van der Waals surface area contributed by atoms with Crippen LogP contribution >= 0.6 is 0 Å². The number of fused-ring (bicyclic) bond motifs is 1. The summed E-state index contributed by atoms with van der Waals surface area (Å²) in [7, 11) is 0. The van der Waals surface area contributed by atoms with Gasteiger partial charge in [0.1, 0.15) is 0 Å². The van der Waals surface area contributed by atoms with Crippen LogP contribution in [0, 0.1) is 0 Å². The molecular formula is C20H24N2O. The SMILES string of the molecule is CC(C)(CNC(=O)C1Cc2ccccc2CN1)c1ccccc1. The van der Waals surface area contributed by atoms with Crippen molar-refractivity contribution in [2.75, 3.05) is 6.54 Å². The fraction of sp³-hybridized carbons (Fsp3) is 0.350. The van der Waals surface area contributed by atoms with Crippen molar-refractivity contribution in [3.05, 3.63) is 71.3 Å². The number of hydrogen-bond donors (Lipinski definition) is 2. The van der Waals surface area contributed by atoms with E-state index in [-0.39, 0.29) is 17.4 Å². The molecule has 1 aliphatic heterocycles. The molecule has 0 saturated heterocycles. The number of benzene rings is 2. The zero-order valence-electron chi connectivity index (χ0n) is 13.8. The Balaban J connectivity index is 1.60. The summed E-state index contributed by atoms with van der Waals surface area (Å²) in [5, 5.41) is 6.46. The molecule has 23 heavy (non-hydrogen) atoms. The number of carbonyl (C=O) groups is 1. The Bertz CT molecular complexity index is 679. The van der Waals surface area contributed by atoms with Crippen LogP contribution in [-0.2, 0) is 23.2 Å². The molecule has 0 radical (unpaired) electrons. The molecule has 120 valence electrons. The largest absolute Gasteiger partial charge is 0.354 e. The van der Waals surface area contributed by atoms with Gasteiger partial charge in [0, 0.05) is 18.5 Å². The average molecular weight is 308 g/mol. The average Bonchev–Trinajstić information content (AvgIpc) is 2.60. The van der Waals surface area contributed by atoms with Gasteiger partial charge in [-0.15, -0.1) is 0 Å². The van der Waals surface area contributed by atoms with E-state index >= 15 is 0 Å². The van der Waals surface area contributed by atoms with Gasteiger partial charge in [0.15, 0.2) is 0 Å². The molecule has 0 fully saturated rings. The van der Waals surface area contributed by atoms with Gasteiger partial charge in [-0.05, 0) is 23.1 Å². The van der Waals surface area contributed by atoms with Crippen LogP contribution in [0.3, 0.4) is 0 Å². The predicted octanol–water partition coefficient (Wildman–Crippen LogP) is 2.79. The van der Waals surface area contributed by atoms with Gasteiger partial charge in [-0.2, -0.15) is 0 Å². The lowest BCUT2D eigenvalue weighted by Crippen LogP contribution is -2.50. The third-order valence-electron chi connectivity index (χ3n) is 4.66. The third-order valence-corrected chi connectivity index (χ3v) is 4.66. The number of rotatable bonds is 4. The van der Waals surface area contributed by atoms with Crippen LogP contribution in [0.15, 0.2) is 54.6 Å². The highest BCUT2D eigenvalue weighted by atomic mass is 16.2. The van der Waals surface area contributed by atoms with E-state index in [2.05, 4.69) is 48.7 Å². The summed E-state index contributed by atoms with van der Waals surface area (Å²) in [6, 6.07) is 18.5. The van der Waals surface area contributed by atoms with Crippen molar-refractivity contribution < 1.29 is 4.79 Å². The van der Waals surface area contributed by atoms with Gasteiger partial charge in [-0.3, -0.25) is 4.79 Å². The monoisotopic (exact) mass is 308 g/mol. The summed E-state index contributed by atoms with van der Waals surface area (Å²) >= 11 is 0. The quantitative estimate of drug-likeness (QED) is 0.912. The fourth-order valence-corrected chi connectivity index (χ4v) is 3.06. The first-order valence-electron chi connectivity index (χ1n) is 8.20. The maximum atomic E-state index is 12.5. The Morgan fingerprint density at radius 2 is 1.74 bits per heavy atom. The zero-order valence-corrected chi connectivity index (χ0v) is 13.8. The van der Waals surface area contributed by atoms with Crippen molar-refractivity contribution in [1.29, 1.82) is 0 Å². The van der Waals surface area contributed by atoms with Gasteiger partial charge < -0.3 is 10.6 Å². The highest BCUT2D eigenvalue weighted by molar-refractivity contribution is 5.82. The molecule has 1 aliphatic rings. The van der Waals surface area contributed by atoms with Crippen molar-refractivity contribution in [1.82, 2.24) is 10.6 Å². The molecular weight excluding hydrogens is 284 g/mol. The number of carbonyl (C=O) groups excluding carboxylic acids is 1. The molecule has 2 N–H and O–H groups in total. The van der Waals surface area contributed by atoms with Gasteiger partial charge in [-0.25, -0.2) is 0 Å². The topological polar surface area (TPSA) is 41.1 Å². The van der Waals surface area contributed by atoms with E-state index in [4.69, 9.17) is 0 Å². The minimum atomic E-state index is -0.142. The van der Waals surface area contributed by atoms with Gasteiger partial charge >= 0.3 is 0 Å². The van der Waals surface area contributed by atoms with Crippen LogP contribution < -0.4 is 10.6 Å². The molecule has 3 heteroatoms. The molecule has 0 aliphatic carbocycles. The molecule has 0 bridgehead atoms. The second-order valence-electron chi connectivity index (χ2n) is 6.87. The summed E-state index contributed by atoms with van der Waals surface area (Å²) in [6.07, 6.45) is 0.758. The molecule has 1 amide bonds. The number of nitrogens with one attached hydrogen (secondary N) is 2. The Hall–Kier alpha value is -2.13. The van der Waals surface area contributed by atoms with Gasteiger partial charge in [-0.1, -0.05) is 68.4 Å². The van der Waals surface area contributed by atoms with Crippen LogP contribution in [0.1, 0.15) is 30.5 Å². The maximum absolute atomic E-state index is 12.5. The minimum Gasteiger partial charge on any atom is -0.354 e. The van der Waals surface area contributed by atoms with Crippen LogP contribution in [0.5, 0.6) is 0 Å². The smallest absolute Gasteiger partial charge is 0.237 e. The molecule has 2 aromatic rings. The molecule has 0 saturated carbocycles. The Morgan fingerprint density at radius 3 is 2.48 bits per heavy atom. The van der Waals surface area contributed by atoms with Crippen LogP contribution in [0.4, 0.5) is 0 Å². The maximum Gasteiger partial charge on any atom is 0.237 e. The van der Waals surface area contributed by atoms with Crippen molar-refractivity contribution >= 4 is 5.91 Å². The van der Waals surface area contributed by atoms with Crippen molar-refractivity contribution in [2.24, 2.45) is 0 Å². The molecule has 1 atom stereocenters. The molecule has 0 aromatic heterocycles. The standard InChI is InChI=1S/C20H24N2O/c1-20(2,17-10-4-3-5-11-17)14-22-19(23)18-12-15-8-6-7-9-16(15)13-21-18/h3-11,18,21H,12-14H2,1-2H3,(H,22,23). The minimum absolute atomic E-state index is 0.0799. The summed E-state index contributed by atoms with van der Waals surface area (Å²) in [6.45, 7) is 5.71. The summed E-state index contributed by atoms with van der Waals surface area (Å²) in [5.74, 6) is 0.0866. The van der Waals surface area contributed by atoms with Crippen LogP contribution in [0.2, 0.25) is 0 Å². The molecule has 0 spiro atoms. The van der Waals surface area contributed by atoms with Crippen molar-refractivity contribution in [2.45, 2.75) is 38.3 Å². The second-order valence-corrected chi connectivity index (χ2v) is 6.87. The van der Waals surface area contributed by atoms with Crippen LogP contribution in [0.25, 0.3) is 0 Å². The van der Waals surface area contributed by atoms with E-state index in [0.29, 0.717) is 6.54 Å². The first-order chi connectivity index (χ1) is 11.1. The van der Waals surface area contributed by atoms with E-state index in [1.807, 2.05) is 30.3 Å².